The van der Waals surface area contributed by atoms with Crippen molar-refractivity contribution < 1.29 is 37.3 Å². The van der Waals surface area contributed by atoms with Crippen LogP contribution in [0.15, 0.2) is 42.5 Å². The summed E-state index contributed by atoms with van der Waals surface area (Å²) in [6.07, 6.45) is 2.78. The minimum atomic E-state index is -4.39. The Morgan fingerprint density at radius 1 is 1.04 bits per heavy atom. The molecule has 9 nitrogen and oxygen atoms in total. The number of benzene rings is 2. The highest BCUT2D eigenvalue weighted by Gasteiger charge is 2.32. The first-order valence-electron chi connectivity index (χ1n) is 17.6. The normalized spacial score (nSPS) is 22.5. The van der Waals surface area contributed by atoms with Crippen LogP contribution in [0.3, 0.4) is 0 Å². The molecule has 0 radical (unpaired) electrons. The number of likely N-dealkylation sites (N-methyl/N-ethyl adjacent to an activating group) is 1. The monoisotopic (exact) mass is 690 g/mol. The molecule has 0 aromatic heterocycles. The maximum absolute atomic E-state index is 14.4. The van der Waals surface area contributed by atoms with Gasteiger partial charge in [-0.2, -0.15) is 13.2 Å². The van der Waals surface area contributed by atoms with Crippen LogP contribution in [-0.2, 0) is 17.5 Å². The van der Waals surface area contributed by atoms with Gasteiger partial charge < -0.3 is 30.1 Å². The lowest BCUT2D eigenvalue weighted by Crippen LogP contribution is -2.47. The summed E-state index contributed by atoms with van der Waals surface area (Å²) in [6, 6.07) is 9.56. The number of aliphatic hydroxyl groups excluding tert-OH is 1. The molecule has 3 amide bonds. The summed E-state index contributed by atoms with van der Waals surface area (Å²) >= 11 is 0. The number of carbonyl (C=O) groups is 2. The first-order chi connectivity index (χ1) is 23.3. The quantitative estimate of drug-likeness (QED) is 0.274. The first-order valence-corrected chi connectivity index (χ1v) is 17.6. The molecule has 0 unspecified atom stereocenters. The smallest absolute Gasteiger partial charge is 0.416 e. The van der Waals surface area contributed by atoms with Gasteiger partial charge in [0.25, 0.3) is 5.91 Å². The summed E-state index contributed by atoms with van der Waals surface area (Å²) in [5.74, 6) is -0.0812. The Morgan fingerprint density at radius 2 is 1.73 bits per heavy atom. The van der Waals surface area contributed by atoms with Crippen LogP contribution in [0, 0.1) is 5.92 Å². The Morgan fingerprint density at radius 3 is 2.41 bits per heavy atom. The maximum atomic E-state index is 14.4. The van der Waals surface area contributed by atoms with Crippen molar-refractivity contribution >= 4 is 17.6 Å². The second-order valence-corrected chi connectivity index (χ2v) is 13.8. The molecular formula is C37H53F3N4O5. The van der Waals surface area contributed by atoms with E-state index in [2.05, 4.69) is 10.6 Å². The van der Waals surface area contributed by atoms with Gasteiger partial charge in [0.2, 0.25) is 0 Å². The van der Waals surface area contributed by atoms with E-state index in [-0.39, 0.29) is 49.3 Å². The second-order valence-electron chi connectivity index (χ2n) is 13.8. The molecule has 0 spiro atoms. The van der Waals surface area contributed by atoms with Gasteiger partial charge in [-0.05, 0) is 88.9 Å². The molecule has 4 atom stereocenters. The van der Waals surface area contributed by atoms with Crippen LogP contribution in [0.2, 0.25) is 0 Å². The van der Waals surface area contributed by atoms with Crippen molar-refractivity contribution in [3.8, 4) is 5.75 Å². The van der Waals surface area contributed by atoms with Gasteiger partial charge in [0.1, 0.15) is 5.75 Å². The Bertz CT molecular complexity index is 1350. The fourth-order valence-electron chi connectivity index (χ4n) is 6.54. The summed E-state index contributed by atoms with van der Waals surface area (Å²) < 4.78 is 51.9. The molecule has 1 aliphatic carbocycles. The van der Waals surface area contributed by atoms with Crippen molar-refractivity contribution in [2.75, 3.05) is 38.7 Å². The van der Waals surface area contributed by atoms with E-state index in [9.17, 15) is 27.9 Å². The molecule has 0 saturated heterocycles. The predicted molar refractivity (Wildman–Crippen MR) is 184 cm³/mol. The second kappa shape index (κ2) is 18.1. The molecule has 4 rings (SSSR count). The van der Waals surface area contributed by atoms with E-state index >= 15 is 0 Å². The molecule has 12 heteroatoms. The van der Waals surface area contributed by atoms with E-state index in [0.29, 0.717) is 36.7 Å². The van der Waals surface area contributed by atoms with Crippen LogP contribution in [0.25, 0.3) is 0 Å². The molecule has 49 heavy (non-hydrogen) atoms. The predicted octanol–water partition coefficient (Wildman–Crippen LogP) is 7.09. The summed E-state index contributed by atoms with van der Waals surface area (Å²) in [5.41, 5.74) is 0.825. The molecule has 3 N–H and O–H groups in total. The van der Waals surface area contributed by atoms with Gasteiger partial charge in [0.05, 0.1) is 36.0 Å². The average molecular weight is 691 g/mol. The van der Waals surface area contributed by atoms with Crippen molar-refractivity contribution in [1.82, 2.24) is 15.1 Å². The number of hydrogen-bond donors (Lipinski definition) is 3. The third-order valence-electron chi connectivity index (χ3n) is 9.48. The van der Waals surface area contributed by atoms with E-state index in [0.717, 1.165) is 62.6 Å². The Balaban J connectivity index is 1.54. The van der Waals surface area contributed by atoms with E-state index in [1.54, 1.807) is 30.0 Å². The first kappa shape index (κ1) is 38.5. The molecule has 1 fully saturated rings. The lowest BCUT2D eigenvalue weighted by atomic mass is 9.96. The van der Waals surface area contributed by atoms with Gasteiger partial charge in [0.15, 0.2) is 0 Å². The van der Waals surface area contributed by atoms with Gasteiger partial charge in [-0.1, -0.05) is 38.3 Å². The number of ether oxygens (including phenoxy) is 2. The Kier molecular flexibility index (Phi) is 14.2. The SMILES string of the molecule is C[C@@H]1CN([C@@H](C)CO)C(=O)c2cc(NC(=O)NC3CCCCC3)ccc2O[C@@H](C)CCCCO[C@H]1CN(C)Cc1ccc(C(F)(F)F)cc1. The van der Waals surface area contributed by atoms with E-state index in [4.69, 9.17) is 9.47 Å². The number of fused-ring (bicyclic) bond motifs is 1. The summed E-state index contributed by atoms with van der Waals surface area (Å²) in [7, 11) is 1.90. The number of rotatable bonds is 8. The van der Waals surface area contributed by atoms with Crippen LogP contribution >= 0.6 is 0 Å². The van der Waals surface area contributed by atoms with Gasteiger partial charge >= 0.3 is 12.2 Å². The summed E-state index contributed by atoms with van der Waals surface area (Å²) in [6.45, 7) is 7.17. The van der Waals surface area contributed by atoms with Gasteiger partial charge in [0, 0.05) is 43.9 Å². The van der Waals surface area contributed by atoms with Gasteiger partial charge in [-0.3, -0.25) is 9.69 Å². The highest BCUT2D eigenvalue weighted by atomic mass is 19.4. The number of amides is 3. The lowest BCUT2D eigenvalue weighted by molar-refractivity contribution is -0.137. The molecule has 1 saturated carbocycles. The number of aliphatic hydroxyl groups is 1. The Labute approximate surface area is 288 Å². The highest BCUT2D eigenvalue weighted by molar-refractivity contribution is 5.99. The Hall–Kier alpha value is -3.35. The zero-order chi connectivity index (χ0) is 35.6. The van der Waals surface area contributed by atoms with Gasteiger partial charge in [-0.15, -0.1) is 0 Å². The fraction of sp³-hybridized carbons (Fsp3) is 0.622. The molecular weight excluding hydrogens is 637 g/mol. The lowest BCUT2D eigenvalue weighted by Gasteiger charge is -2.36. The molecule has 1 heterocycles. The number of anilines is 1. The van der Waals surface area contributed by atoms with E-state index in [1.807, 2.05) is 25.8 Å². The van der Waals surface area contributed by atoms with Gasteiger partial charge in [-0.25, -0.2) is 4.79 Å². The molecule has 2 aromatic carbocycles. The average Bonchev–Trinajstić information content (AvgIpc) is 3.06. The number of urea groups is 1. The number of hydrogen-bond acceptors (Lipinski definition) is 6. The van der Waals surface area contributed by atoms with Crippen molar-refractivity contribution in [2.45, 2.75) is 109 Å². The van der Waals surface area contributed by atoms with Crippen molar-refractivity contribution in [2.24, 2.45) is 5.92 Å². The number of nitrogens with zero attached hydrogens (tertiary/aromatic N) is 2. The topological polar surface area (TPSA) is 103 Å². The van der Waals surface area contributed by atoms with Crippen LogP contribution < -0.4 is 15.4 Å². The summed E-state index contributed by atoms with van der Waals surface area (Å²) in [4.78, 5) is 30.9. The molecule has 1 aliphatic heterocycles. The number of nitrogens with one attached hydrogen (secondary N) is 2. The molecule has 2 aliphatic rings. The standard InChI is InChI=1S/C37H53F3N4O5/c1-25-21-44(26(2)24-45)35(46)32-20-31(42-36(47)41-30-11-6-5-7-12-30)17-18-33(32)49-27(3)10-8-9-19-48-34(25)23-43(4)22-28-13-15-29(16-14-28)37(38,39)40/h13-18,20,25-27,30,34,45H,5-12,19,21-24H2,1-4H3,(H2,41,42,47)/t25-,26+,27+,34+/m1/s1. The number of carbonyl (C=O) groups excluding carboxylic acids is 2. The van der Waals surface area contributed by atoms with E-state index in [1.165, 1.54) is 18.6 Å². The fourth-order valence-corrected chi connectivity index (χ4v) is 6.54. The summed E-state index contributed by atoms with van der Waals surface area (Å²) in [5, 5.41) is 16.2. The molecule has 2 aromatic rings. The van der Waals surface area contributed by atoms with Crippen LogP contribution in [0.1, 0.15) is 93.6 Å². The maximum Gasteiger partial charge on any atom is 0.416 e. The zero-order valence-corrected chi connectivity index (χ0v) is 29.2. The third kappa shape index (κ3) is 11.6. The number of halogens is 3. The van der Waals surface area contributed by atoms with Crippen molar-refractivity contribution in [3.63, 3.8) is 0 Å². The molecule has 272 valence electrons. The van der Waals surface area contributed by atoms with Crippen LogP contribution in [0.4, 0.5) is 23.7 Å². The molecule has 0 bridgehead atoms. The number of alkyl halides is 3. The third-order valence-corrected chi connectivity index (χ3v) is 9.48. The van der Waals surface area contributed by atoms with Crippen molar-refractivity contribution in [1.29, 1.82) is 0 Å². The van der Waals surface area contributed by atoms with E-state index < -0.39 is 17.8 Å². The minimum Gasteiger partial charge on any atom is -0.490 e. The van der Waals surface area contributed by atoms with Crippen LogP contribution in [0.5, 0.6) is 5.75 Å². The zero-order valence-electron chi connectivity index (χ0n) is 29.2. The minimum absolute atomic E-state index is 0.128. The largest absolute Gasteiger partial charge is 0.490 e. The highest BCUT2D eigenvalue weighted by Crippen LogP contribution is 2.30. The van der Waals surface area contributed by atoms with Crippen molar-refractivity contribution in [3.05, 3.63) is 59.2 Å². The van der Waals surface area contributed by atoms with Crippen LogP contribution in [-0.4, -0.2) is 84.5 Å².